The second-order valence-corrected chi connectivity index (χ2v) is 6.34. The summed E-state index contributed by atoms with van der Waals surface area (Å²) in [6, 6.07) is 0. The van der Waals surface area contributed by atoms with Gasteiger partial charge in [0.05, 0.1) is 12.5 Å². The molecule has 17 heavy (non-hydrogen) atoms. The molecule has 1 rings (SSSR count). The minimum Gasteiger partial charge on any atom is -0.335 e. The molecular weight excluding hydrogens is 240 g/mol. The van der Waals surface area contributed by atoms with E-state index >= 15 is 0 Å². The molecule has 0 spiro atoms. The Kier molecular flexibility index (Phi) is 4.29. The number of aromatic amines is 1. The first kappa shape index (κ1) is 14.1. The molecule has 0 aromatic carbocycles. The van der Waals surface area contributed by atoms with E-state index in [9.17, 15) is 8.42 Å². The summed E-state index contributed by atoms with van der Waals surface area (Å²) in [4.78, 5) is 6.38. The highest BCUT2D eigenvalue weighted by Crippen LogP contribution is 2.22. The molecule has 0 amide bonds. The van der Waals surface area contributed by atoms with Gasteiger partial charge in [0.2, 0.25) is 0 Å². The monoisotopic (exact) mass is 260 g/mol. The van der Waals surface area contributed by atoms with E-state index in [0.29, 0.717) is 6.54 Å². The molecule has 0 unspecified atom stereocenters. The first-order valence-electron chi connectivity index (χ1n) is 5.57. The van der Waals surface area contributed by atoms with Gasteiger partial charge in [0, 0.05) is 18.6 Å². The summed E-state index contributed by atoms with van der Waals surface area (Å²) in [5.41, 5.74) is 5.04. The average molecular weight is 260 g/mol. The molecule has 1 aromatic heterocycles. The molecule has 0 saturated carbocycles. The summed E-state index contributed by atoms with van der Waals surface area (Å²) in [6.07, 6.45) is 3.40. The third-order valence-electron chi connectivity index (χ3n) is 2.64. The first-order valence-corrected chi connectivity index (χ1v) is 7.01. The van der Waals surface area contributed by atoms with Crippen LogP contribution in [0.2, 0.25) is 0 Å². The summed E-state index contributed by atoms with van der Waals surface area (Å²) in [5.74, 6) is 0. The van der Waals surface area contributed by atoms with Gasteiger partial charge >= 0.3 is 0 Å². The van der Waals surface area contributed by atoms with Crippen LogP contribution in [0.15, 0.2) is 17.6 Å². The number of hydrogen-bond donors (Lipinski definition) is 2. The van der Waals surface area contributed by atoms with Crippen molar-refractivity contribution in [2.75, 3.05) is 13.1 Å². The van der Waals surface area contributed by atoms with E-state index in [1.54, 1.807) is 0 Å². The Balaban J connectivity index is 3.16. The second kappa shape index (κ2) is 5.16. The van der Waals surface area contributed by atoms with Crippen LogP contribution in [-0.2, 0) is 10.0 Å². The molecule has 0 saturated heterocycles. The maximum absolute atomic E-state index is 12.4. The fraction of sp³-hybridized carbons (Fsp3) is 0.700. The lowest BCUT2D eigenvalue weighted by Crippen LogP contribution is -2.52. The van der Waals surface area contributed by atoms with Crippen molar-refractivity contribution >= 4 is 10.0 Å². The van der Waals surface area contributed by atoms with Gasteiger partial charge in [0.25, 0.3) is 10.0 Å². The van der Waals surface area contributed by atoms with E-state index in [1.807, 2.05) is 20.8 Å². The third-order valence-corrected chi connectivity index (χ3v) is 4.68. The fourth-order valence-corrected chi connectivity index (χ4v) is 3.34. The topological polar surface area (TPSA) is 92.1 Å². The molecule has 0 radical (unpaired) electrons. The maximum atomic E-state index is 12.4. The highest BCUT2D eigenvalue weighted by molar-refractivity contribution is 7.89. The van der Waals surface area contributed by atoms with Crippen molar-refractivity contribution in [3.05, 3.63) is 12.5 Å². The van der Waals surface area contributed by atoms with Crippen molar-refractivity contribution < 1.29 is 8.42 Å². The Morgan fingerprint density at radius 3 is 2.59 bits per heavy atom. The van der Waals surface area contributed by atoms with Gasteiger partial charge in [-0.3, -0.25) is 0 Å². The number of nitrogens with one attached hydrogen (secondary N) is 1. The lowest BCUT2D eigenvalue weighted by molar-refractivity contribution is 0.234. The highest BCUT2D eigenvalue weighted by atomic mass is 32.2. The van der Waals surface area contributed by atoms with Gasteiger partial charge in [-0.05, 0) is 20.3 Å². The molecule has 0 aliphatic rings. The van der Waals surface area contributed by atoms with Crippen molar-refractivity contribution in [2.24, 2.45) is 5.73 Å². The maximum Gasteiger partial charge on any atom is 0.260 e. The second-order valence-electron chi connectivity index (χ2n) is 4.51. The average Bonchev–Trinajstić information content (AvgIpc) is 2.79. The van der Waals surface area contributed by atoms with Crippen molar-refractivity contribution in [2.45, 2.75) is 37.8 Å². The lowest BCUT2D eigenvalue weighted by atomic mass is 10.1. The lowest BCUT2D eigenvalue weighted by Gasteiger charge is -2.35. The SMILES string of the molecule is CCCN(C(C)(C)CN)S(=O)(=O)c1cnc[nH]1. The van der Waals surface area contributed by atoms with E-state index in [1.165, 1.54) is 16.8 Å². The third kappa shape index (κ3) is 2.85. The van der Waals surface area contributed by atoms with Crippen LogP contribution in [0.5, 0.6) is 0 Å². The van der Waals surface area contributed by atoms with Crippen molar-refractivity contribution in [1.29, 1.82) is 0 Å². The van der Waals surface area contributed by atoms with Gasteiger partial charge in [-0.15, -0.1) is 0 Å². The zero-order valence-corrected chi connectivity index (χ0v) is 11.3. The van der Waals surface area contributed by atoms with Crippen LogP contribution in [0.4, 0.5) is 0 Å². The van der Waals surface area contributed by atoms with Crippen LogP contribution < -0.4 is 5.73 Å². The number of sulfonamides is 1. The van der Waals surface area contributed by atoms with Gasteiger partial charge in [-0.2, -0.15) is 4.31 Å². The van der Waals surface area contributed by atoms with Gasteiger partial charge in [-0.1, -0.05) is 6.92 Å². The summed E-state index contributed by atoms with van der Waals surface area (Å²) in [7, 11) is -3.55. The number of rotatable bonds is 6. The molecule has 0 aliphatic carbocycles. The van der Waals surface area contributed by atoms with Crippen molar-refractivity contribution in [3.63, 3.8) is 0 Å². The summed E-state index contributed by atoms with van der Waals surface area (Å²) in [6.45, 7) is 6.27. The number of aromatic nitrogens is 2. The Morgan fingerprint density at radius 1 is 1.53 bits per heavy atom. The van der Waals surface area contributed by atoms with Crippen LogP contribution in [0.3, 0.4) is 0 Å². The minimum atomic E-state index is -3.55. The van der Waals surface area contributed by atoms with E-state index in [0.717, 1.165) is 6.42 Å². The normalized spacial score (nSPS) is 13.2. The zero-order chi connectivity index (χ0) is 13.1. The van der Waals surface area contributed by atoms with E-state index in [2.05, 4.69) is 9.97 Å². The molecule has 1 aromatic rings. The molecule has 0 fully saturated rings. The quantitative estimate of drug-likeness (QED) is 0.781. The Labute approximate surface area is 102 Å². The minimum absolute atomic E-state index is 0.104. The van der Waals surface area contributed by atoms with Gasteiger partial charge in [-0.25, -0.2) is 13.4 Å². The highest BCUT2D eigenvalue weighted by Gasteiger charge is 2.36. The Morgan fingerprint density at radius 2 is 2.18 bits per heavy atom. The van der Waals surface area contributed by atoms with Gasteiger partial charge in [0.1, 0.15) is 0 Å². The Bertz CT molecular complexity index is 439. The number of nitrogens with two attached hydrogens (primary N) is 1. The predicted octanol–water partition coefficient (Wildman–Crippen LogP) is 0.548. The van der Waals surface area contributed by atoms with Crippen LogP contribution in [0, 0.1) is 0 Å². The number of nitrogens with zero attached hydrogens (tertiary/aromatic N) is 2. The van der Waals surface area contributed by atoms with Crippen LogP contribution in [0.1, 0.15) is 27.2 Å². The van der Waals surface area contributed by atoms with Crippen LogP contribution >= 0.6 is 0 Å². The molecule has 0 atom stereocenters. The standard InChI is InChI=1S/C10H20N4O2S/c1-4-5-14(10(2,3)7-11)17(15,16)9-6-12-8-13-9/h6,8H,4-5,7,11H2,1-3H3,(H,12,13). The molecule has 7 heteroatoms. The van der Waals surface area contributed by atoms with Crippen molar-refractivity contribution in [3.8, 4) is 0 Å². The van der Waals surface area contributed by atoms with Crippen LogP contribution in [-0.4, -0.2) is 41.3 Å². The largest absolute Gasteiger partial charge is 0.335 e. The molecule has 0 aliphatic heterocycles. The van der Waals surface area contributed by atoms with E-state index in [-0.39, 0.29) is 11.6 Å². The number of H-pyrrole nitrogens is 1. The number of hydrogen-bond acceptors (Lipinski definition) is 4. The molecule has 3 N–H and O–H groups in total. The summed E-state index contributed by atoms with van der Waals surface area (Å²) in [5, 5.41) is 0.104. The van der Waals surface area contributed by atoms with E-state index in [4.69, 9.17) is 5.73 Å². The van der Waals surface area contributed by atoms with Gasteiger partial charge in [0.15, 0.2) is 5.03 Å². The Hall–Kier alpha value is -0.920. The number of imidazole rings is 1. The van der Waals surface area contributed by atoms with E-state index < -0.39 is 15.6 Å². The van der Waals surface area contributed by atoms with Crippen LogP contribution in [0.25, 0.3) is 0 Å². The predicted molar refractivity (Wildman–Crippen MR) is 65.9 cm³/mol. The fourth-order valence-electron chi connectivity index (χ4n) is 1.56. The molecule has 6 nitrogen and oxygen atoms in total. The summed E-state index contributed by atoms with van der Waals surface area (Å²) < 4.78 is 26.2. The molecule has 98 valence electrons. The zero-order valence-electron chi connectivity index (χ0n) is 10.5. The first-order chi connectivity index (χ1) is 7.86. The molecular formula is C10H20N4O2S. The van der Waals surface area contributed by atoms with Gasteiger partial charge < -0.3 is 10.7 Å². The molecule has 1 heterocycles. The van der Waals surface area contributed by atoms with Crippen molar-refractivity contribution in [1.82, 2.24) is 14.3 Å². The molecule has 0 bridgehead atoms. The summed E-state index contributed by atoms with van der Waals surface area (Å²) >= 11 is 0. The smallest absolute Gasteiger partial charge is 0.260 e.